The number of aliphatic hydroxyl groups excluding tert-OH is 2. The van der Waals surface area contributed by atoms with Gasteiger partial charge in [-0.2, -0.15) is 0 Å². The highest BCUT2D eigenvalue weighted by molar-refractivity contribution is 4.69. The van der Waals surface area contributed by atoms with Crippen LogP contribution >= 0.6 is 0 Å². The molecule has 60 valence electrons. The van der Waals surface area contributed by atoms with E-state index in [0.29, 0.717) is 6.54 Å². The molecule has 0 radical (unpaired) electrons. The smallest absolute Gasteiger partial charge is 0.0897 e. The molecule has 10 heavy (non-hydrogen) atoms. The predicted molar refractivity (Wildman–Crippen MR) is 38.8 cm³/mol. The molecule has 0 aliphatic carbocycles. The molecule has 0 bridgehead atoms. The Hall–Kier alpha value is -0.120. The van der Waals surface area contributed by atoms with E-state index in [0.717, 1.165) is 13.1 Å². The zero-order valence-electron chi connectivity index (χ0n) is 6.16. The monoisotopic (exact) mass is 145 g/mol. The number of rotatable bonds is 3. The van der Waals surface area contributed by atoms with Crippen molar-refractivity contribution < 1.29 is 10.2 Å². The molecule has 0 unspecified atom stereocenters. The summed E-state index contributed by atoms with van der Waals surface area (Å²) < 4.78 is 0. The molecular formula is C7H15NO2. The molecule has 3 heteroatoms. The van der Waals surface area contributed by atoms with Crippen molar-refractivity contribution in [1.82, 2.24) is 4.90 Å². The van der Waals surface area contributed by atoms with Crippen molar-refractivity contribution in [3.63, 3.8) is 0 Å². The minimum Gasteiger partial charge on any atom is -0.394 e. The average molecular weight is 145 g/mol. The van der Waals surface area contributed by atoms with Crippen LogP contribution in [0.5, 0.6) is 0 Å². The summed E-state index contributed by atoms with van der Waals surface area (Å²) in [6.45, 7) is 2.68. The summed E-state index contributed by atoms with van der Waals surface area (Å²) in [5.41, 5.74) is 0. The van der Waals surface area contributed by atoms with Gasteiger partial charge in [-0.05, 0) is 25.9 Å². The van der Waals surface area contributed by atoms with Gasteiger partial charge < -0.3 is 15.1 Å². The van der Waals surface area contributed by atoms with Gasteiger partial charge >= 0.3 is 0 Å². The fourth-order valence-corrected chi connectivity index (χ4v) is 1.32. The number of nitrogens with zero attached hydrogens (tertiary/aromatic N) is 1. The number of hydrogen-bond acceptors (Lipinski definition) is 3. The van der Waals surface area contributed by atoms with Crippen molar-refractivity contribution in [2.75, 3.05) is 26.2 Å². The van der Waals surface area contributed by atoms with Crippen molar-refractivity contribution in [1.29, 1.82) is 0 Å². The summed E-state index contributed by atoms with van der Waals surface area (Å²) in [4.78, 5) is 2.18. The number of hydrogen-bond donors (Lipinski definition) is 2. The van der Waals surface area contributed by atoms with Crippen molar-refractivity contribution in [3.05, 3.63) is 0 Å². The van der Waals surface area contributed by atoms with Crippen molar-refractivity contribution >= 4 is 0 Å². The molecule has 2 N–H and O–H groups in total. The quantitative estimate of drug-likeness (QED) is 0.559. The van der Waals surface area contributed by atoms with E-state index in [2.05, 4.69) is 4.90 Å². The van der Waals surface area contributed by atoms with Crippen LogP contribution in [0.2, 0.25) is 0 Å². The topological polar surface area (TPSA) is 43.7 Å². The van der Waals surface area contributed by atoms with Gasteiger partial charge in [-0.15, -0.1) is 0 Å². The van der Waals surface area contributed by atoms with Gasteiger partial charge in [0, 0.05) is 6.54 Å². The van der Waals surface area contributed by atoms with Crippen molar-refractivity contribution in [3.8, 4) is 0 Å². The highest BCUT2D eigenvalue weighted by atomic mass is 16.3. The minimum absolute atomic E-state index is 0.115. The summed E-state index contributed by atoms with van der Waals surface area (Å²) in [7, 11) is 0. The summed E-state index contributed by atoms with van der Waals surface area (Å²) in [6, 6.07) is 0. The van der Waals surface area contributed by atoms with Gasteiger partial charge in [0.15, 0.2) is 0 Å². The van der Waals surface area contributed by atoms with Gasteiger partial charge in [0.1, 0.15) is 0 Å². The van der Waals surface area contributed by atoms with Crippen LogP contribution in [0.3, 0.4) is 0 Å². The zero-order chi connectivity index (χ0) is 7.40. The fraction of sp³-hybridized carbons (Fsp3) is 1.00. The molecular weight excluding hydrogens is 130 g/mol. The van der Waals surface area contributed by atoms with E-state index in [1.54, 1.807) is 0 Å². The first-order valence-corrected chi connectivity index (χ1v) is 3.84. The van der Waals surface area contributed by atoms with Crippen LogP contribution < -0.4 is 0 Å². The second-order valence-corrected chi connectivity index (χ2v) is 2.84. The first kappa shape index (κ1) is 7.98. The Balaban J connectivity index is 2.11. The van der Waals surface area contributed by atoms with E-state index in [-0.39, 0.29) is 6.61 Å². The Morgan fingerprint density at radius 3 is 2.40 bits per heavy atom. The third kappa shape index (κ3) is 2.25. The lowest BCUT2D eigenvalue weighted by Crippen LogP contribution is -2.31. The molecule has 1 heterocycles. The summed E-state index contributed by atoms with van der Waals surface area (Å²) in [5.74, 6) is 0. The van der Waals surface area contributed by atoms with E-state index in [1.165, 1.54) is 12.8 Å². The van der Waals surface area contributed by atoms with Gasteiger partial charge in [0.05, 0.1) is 12.7 Å². The third-order valence-electron chi connectivity index (χ3n) is 1.88. The van der Waals surface area contributed by atoms with E-state index in [4.69, 9.17) is 10.2 Å². The Morgan fingerprint density at radius 1 is 1.30 bits per heavy atom. The van der Waals surface area contributed by atoms with Crippen molar-refractivity contribution in [2.24, 2.45) is 0 Å². The van der Waals surface area contributed by atoms with Crippen LogP contribution in [0.25, 0.3) is 0 Å². The number of likely N-dealkylation sites (tertiary alicyclic amines) is 1. The van der Waals surface area contributed by atoms with Crippen LogP contribution in [0.1, 0.15) is 12.8 Å². The normalized spacial score (nSPS) is 23.4. The Kier molecular flexibility index (Phi) is 3.12. The first-order chi connectivity index (χ1) is 4.83. The van der Waals surface area contributed by atoms with Crippen LogP contribution in [-0.2, 0) is 0 Å². The molecule has 0 aromatic rings. The fourth-order valence-electron chi connectivity index (χ4n) is 1.32. The second kappa shape index (κ2) is 3.91. The average Bonchev–Trinajstić information content (AvgIpc) is 2.40. The molecule has 3 nitrogen and oxygen atoms in total. The molecule has 1 aliphatic heterocycles. The molecule has 0 saturated carbocycles. The van der Waals surface area contributed by atoms with Crippen molar-refractivity contribution in [2.45, 2.75) is 18.9 Å². The van der Waals surface area contributed by atoms with Crippen LogP contribution in [0.4, 0.5) is 0 Å². The lowest BCUT2D eigenvalue weighted by atomic mass is 10.3. The maximum absolute atomic E-state index is 9.03. The highest BCUT2D eigenvalue weighted by Crippen LogP contribution is 2.06. The summed E-state index contributed by atoms with van der Waals surface area (Å²) in [5, 5.41) is 17.5. The van der Waals surface area contributed by atoms with E-state index in [9.17, 15) is 0 Å². The number of β-amino-alcohol motifs (C(OH)–C–C–N with tert-alkyl or cyclic N) is 1. The van der Waals surface area contributed by atoms with Gasteiger partial charge in [-0.25, -0.2) is 0 Å². The van der Waals surface area contributed by atoms with Gasteiger partial charge in [0.25, 0.3) is 0 Å². The summed E-state index contributed by atoms with van der Waals surface area (Å²) >= 11 is 0. The lowest BCUT2D eigenvalue weighted by molar-refractivity contribution is 0.0661. The van der Waals surface area contributed by atoms with E-state index in [1.807, 2.05) is 0 Å². The lowest BCUT2D eigenvalue weighted by Gasteiger charge is -2.17. The molecule has 0 aromatic heterocycles. The predicted octanol–water partition coefficient (Wildman–Crippen LogP) is -0.565. The highest BCUT2D eigenvalue weighted by Gasteiger charge is 2.14. The van der Waals surface area contributed by atoms with E-state index < -0.39 is 6.10 Å². The second-order valence-electron chi connectivity index (χ2n) is 2.84. The van der Waals surface area contributed by atoms with Gasteiger partial charge in [-0.3, -0.25) is 0 Å². The molecule has 1 fully saturated rings. The SMILES string of the molecule is OC[C@H](O)CN1CCCC1. The third-order valence-corrected chi connectivity index (χ3v) is 1.88. The Morgan fingerprint density at radius 2 is 1.90 bits per heavy atom. The molecule has 0 spiro atoms. The van der Waals surface area contributed by atoms with E-state index >= 15 is 0 Å². The standard InChI is InChI=1S/C7H15NO2/c9-6-7(10)5-8-3-1-2-4-8/h7,9-10H,1-6H2/t7-/m1/s1. The largest absolute Gasteiger partial charge is 0.394 e. The summed E-state index contributed by atoms with van der Waals surface area (Å²) in [6.07, 6.45) is 1.93. The Labute approximate surface area is 61.3 Å². The zero-order valence-corrected chi connectivity index (χ0v) is 6.16. The van der Waals surface area contributed by atoms with Crippen LogP contribution in [0.15, 0.2) is 0 Å². The first-order valence-electron chi connectivity index (χ1n) is 3.84. The molecule has 0 aromatic carbocycles. The molecule has 1 atom stereocenters. The number of aliphatic hydroxyl groups is 2. The van der Waals surface area contributed by atoms with Crippen LogP contribution in [0, 0.1) is 0 Å². The molecule has 1 rings (SSSR count). The van der Waals surface area contributed by atoms with Crippen LogP contribution in [-0.4, -0.2) is 47.5 Å². The molecule has 1 saturated heterocycles. The molecule has 0 amide bonds. The Bertz CT molecular complexity index is 91.6. The molecule has 1 aliphatic rings. The maximum atomic E-state index is 9.03. The maximum Gasteiger partial charge on any atom is 0.0897 e. The van der Waals surface area contributed by atoms with Gasteiger partial charge in [0.2, 0.25) is 0 Å². The van der Waals surface area contributed by atoms with Gasteiger partial charge in [-0.1, -0.05) is 0 Å². The minimum atomic E-state index is -0.543.